The number of rotatable bonds is 7. The van der Waals surface area contributed by atoms with Gasteiger partial charge in [0.15, 0.2) is 11.6 Å². The maximum atomic E-state index is 12.7. The molecule has 0 aliphatic heterocycles. The molecule has 0 fully saturated rings. The molecule has 8 heteroatoms. The molecule has 0 saturated heterocycles. The number of pyridine rings is 1. The average molecular weight is 398 g/mol. The molecule has 0 radical (unpaired) electrons. The maximum Gasteiger partial charge on any atom is 0.157 e. The second kappa shape index (κ2) is 9.50. The van der Waals surface area contributed by atoms with Crippen LogP contribution in [-0.4, -0.2) is 16.3 Å². The van der Waals surface area contributed by atoms with Gasteiger partial charge in [-0.25, -0.2) is 8.78 Å². The van der Waals surface area contributed by atoms with Crippen LogP contribution in [0.15, 0.2) is 93.0 Å². The minimum absolute atomic E-state index is 0.0962. The maximum absolute atomic E-state index is 12.7. The summed E-state index contributed by atoms with van der Waals surface area (Å²) in [5.74, 6) is -0.262. The van der Waals surface area contributed by atoms with Crippen molar-refractivity contribution < 1.29 is 17.7 Å². The number of halogens is 2. The van der Waals surface area contributed by atoms with Crippen LogP contribution in [0.2, 0.25) is 0 Å². The van der Waals surface area contributed by atoms with Crippen molar-refractivity contribution >= 4 is 5.69 Å². The Morgan fingerprint density at radius 1 is 1.38 bits per heavy atom. The van der Waals surface area contributed by atoms with Crippen molar-refractivity contribution in [1.29, 1.82) is 0 Å². The zero-order chi connectivity index (χ0) is 20.6. The molecule has 3 aromatic heterocycles. The van der Waals surface area contributed by atoms with Crippen molar-refractivity contribution in [3.05, 3.63) is 90.2 Å². The lowest BCUT2D eigenvalue weighted by molar-refractivity contribution is 0.378. The van der Waals surface area contributed by atoms with Gasteiger partial charge in [0.2, 0.25) is 0 Å². The zero-order valence-corrected chi connectivity index (χ0v) is 15.8. The summed E-state index contributed by atoms with van der Waals surface area (Å²) in [6.45, 7) is 2.69. The van der Waals surface area contributed by atoms with Gasteiger partial charge in [0.05, 0.1) is 36.7 Å². The lowest BCUT2D eigenvalue weighted by atomic mass is 10.2. The number of hydrogen-bond acceptors (Lipinski definition) is 5. The highest BCUT2D eigenvalue weighted by atomic mass is 19.2. The normalized spacial score (nSPS) is 13.6. The summed E-state index contributed by atoms with van der Waals surface area (Å²) in [6.07, 6.45) is 10.8. The molecule has 2 N–H and O–H groups in total. The molecule has 6 nitrogen and oxygen atoms in total. The van der Waals surface area contributed by atoms with E-state index in [1.807, 2.05) is 29.8 Å². The van der Waals surface area contributed by atoms with Gasteiger partial charge in [-0.05, 0) is 25.1 Å². The van der Waals surface area contributed by atoms with Crippen LogP contribution in [0.1, 0.15) is 12.7 Å². The second-order valence-electron chi connectivity index (χ2n) is 6.33. The molecule has 0 aliphatic rings. The van der Waals surface area contributed by atoms with Gasteiger partial charge in [0, 0.05) is 24.0 Å². The first-order valence-electron chi connectivity index (χ1n) is 8.79. The van der Waals surface area contributed by atoms with E-state index in [0.717, 1.165) is 17.2 Å². The van der Waals surface area contributed by atoms with E-state index in [0.29, 0.717) is 35.6 Å². The summed E-state index contributed by atoms with van der Waals surface area (Å²) in [4.78, 5) is 4.44. The summed E-state index contributed by atoms with van der Waals surface area (Å²) in [6, 6.07) is 5.45. The Balaban J connectivity index is 1.66. The van der Waals surface area contributed by atoms with E-state index >= 15 is 0 Å². The number of nitrogens with two attached hydrogens (primary N) is 1. The molecule has 3 rings (SSSR count). The van der Waals surface area contributed by atoms with Crippen molar-refractivity contribution in [2.24, 2.45) is 4.99 Å². The first-order valence-corrected chi connectivity index (χ1v) is 8.79. The molecule has 0 unspecified atom stereocenters. The van der Waals surface area contributed by atoms with E-state index in [-0.39, 0.29) is 6.33 Å². The van der Waals surface area contributed by atoms with Crippen LogP contribution < -0.4 is 11.1 Å². The summed E-state index contributed by atoms with van der Waals surface area (Å²) in [7, 11) is 0. The number of anilines is 1. The fraction of sp³-hybridized carbons (Fsp3) is 0.143. The van der Waals surface area contributed by atoms with Crippen molar-refractivity contribution in [2.75, 3.05) is 12.3 Å². The van der Waals surface area contributed by atoms with Crippen LogP contribution in [0.5, 0.6) is 0 Å². The number of aromatic nitrogens is 2. The third-order valence-electron chi connectivity index (χ3n) is 3.98. The largest absolute Gasteiger partial charge is 0.472 e. The van der Waals surface area contributed by atoms with Crippen molar-refractivity contribution in [1.82, 2.24) is 9.72 Å². The van der Waals surface area contributed by atoms with Gasteiger partial charge in [0.1, 0.15) is 12.0 Å². The molecule has 0 bridgehead atoms. The highest BCUT2D eigenvalue weighted by Gasteiger charge is 2.08. The molecular weight excluding hydrogens is 378 g/mol. The Labute approximate surface area is 166 Å². The molecule has 29 heavy (non-hydrogen) atoms. The molecular formula is C21H20F2N4O2. The first kappa shape index (κ1) is 20.1. The minimum Gasteiger partial charge on any atom is -0.472 e. The zero-order valence-electron chi connectivity index (χ0n) is 15.8. The lowest BCUT2D eigenvalue weighted by Gasteiger charge is -2.05. The topological polar surface area (TPSA) is 82.5 Å². The Morgan fingerprint density at radius 2 is 2.24 bits per heavy atom. The summed E-state index contributed by atoms with van der Waals surface area (Å²) in [5, 5.41) is 4.67. The first-order chi connectivity index (χ1) is 14.0. The van der Waals surface area contributed by atoms with Crippen molar-refractivity contribution in [3.63, 3.8) is 0 Å². The second-order valence-corrected chi connectivity index (χ2v) is 6.33. The van der Waals surface area contributed by atoms with E-state index in [4.69, 9.17) is 14.7 Å². The SMILES string of the molecule is C\C(=C/C=C\C(F)=C\F)CN=c1ccn(Cc2cc(-c3ccoc3)no2)cc1N. The van der Waals surface area contributed by atoms with E-state index in [2.05, 4.69) is 10.1 Å². The predicted molar refractivity (Wildman–Crippen MR) is 106 cm³/mol. The van der Waals surface area contributed by atoms with Crippen LogP contribution in [0.25, 0.3) is 11.3 Å². The smallest absolute Gasteiger partial charge is 0.157 e. The Kier molecular flexibility index (Phi) is 6.57. The number of nitrogens with zero attached hydrogens (tertiary/aromatic N) is 3. The van der Waals surface area contributed by atoms with E-state index in [9.17, 15) is 8.78 Å². The summed E-state index contributed by atoms with van der Waals surface area (Å²) >= 11 is 0. The molecule has 0 amide bonds. The monoisotopic (exact) mass is 398 g/mol. The van der Waals surface area contributed by atoms with E-state index in [1.165, 1.54) is 6.08 Å². The number of allylic oxidation sites excluding steroid dienone is 4. The molecule has 150 valence electrons. The van der Waals surface area contributed by atoms with Crippen LogP contribution in [-0.2, 0) is 6.54 Å². The molecule has 0 spiro atoms. The molecule has 3 heterocycles. The molecule has 0 aliphatic carbocycles. The number of nitrogen functional groups attached to an aromatic ring is 1. The van der Waals surface area contributed by atoms with Gasteiger partial charge in [-0.3, -0.25) is 4.99 Å². The van der Waals surface area contributed by atoms with Gasteiger partial charge in [-0.1, -0.05) is 22.9 Å². The van der Waals surface area contributed by atoms with Gasteiger partial charge >= 0.3 is 0 Å². The van der Waals surface area contributed by atoms with Crippen molar-refractivity contribution in [2.45, 2.75) is 13.5 Å². The van der Waals surface area contributed by atoms with Crippen LogP contribution >= 0.6 is 0 Å². The highest BCUT2D eigenvalue weighted by molar-refractivity contribution is 5.56. The molecule has 3 aromatic rings. The third-order valence-corrected chi connectivity index (χ3v) is 3.98. The van der Waals surface area contributed by atoms with E-state index in [1.54, 1.807) is 30.9 Å². The quantitative estimate of drug-likeness (QED) is 0.592. The van der Waals surface area contributed by atoms with Crippen LogP contribution in [0, 0.1) is 0 Å². The number of hydrogen-bond donors (Lipinski definition) is 1. The summed E-state index contributed by atoms with van der Waals surface area (Å²) < 4.78 is 36.8. The van der Waals surface area contributed by atoms with Gasteiger partial charge in [0.25, 0.3) is 0 Å². The summed E-state index contributed by atoms with van der Waals surface area (Å²) in [5.41, 5.74) is 9.03. The molecule has 0 atom stereocenters. The van der Waals surface area contributed by atoms with Gasteiger partial charge < -0.3 is 19.2 Å². The Bertz CT molecular complexity index is 1110. The fourth-order valence-corrected chi connectivity index (χ4v) is 2.51. The number of furan rings is 1. The Morgan fingerprint density at radius 3 is 2.97 bits per heavy atom. The Hall–Kier alpha value is -3.68. The predicted octanol–water partition coefficient (Wildman–Crippen LogP) is 4.55. The molecule has 0 aromatic carbocycles. The van der Waals surface area contributed by atoms with Crippen LogP contribution in [0.3, 0.4) is 0 Å². The fourth-order valence-electron chi connectivity index (χ4n) is 2.51. The standard InChI is InChI=1S/C21H20F2N4O2/c1-15(3-2-4-17(23)10-22)11-25-20-5-7-27(13-19(20)24)12-18-9-21(26-29-18)16-6-8-28-14-16/h2-10,13-14H,11-12,24H2,1H3/b4-2-,15-3+,17-10-,25-20?. The van der Waals surface area contributed by atoms with Gasteiger partial charge in [-0.2, -0.15) is 0 Å². The molecule has 0 saturated carbocycles. The van der Waals surface area contributed by atoms with Gasteiger partial charge in [-0.15, -0.1) is 0 Å². The van der Waals surface area contributed by atoms with E-state index < -0.39 is 5.83 Å². The average Bonchev–Trinajstić information content (AvgIpc) is 3.39. The lowest BCUT2D eigenvalue weighted by Crippen LogP contribution is -2.13. The minimum atomic E-state index is -0.938. The van der Waals surface area contributed by atoms with Crippen molar-refractivity contribution in [3.8, 4) is 11.3 Å². The highest BCUT2D eigenvalue weighted by Crippen LogP contribution is 2.19. The van der Waals surface area contributed by atoms with Crippen LogP contribution in [0.4, 0.5) is 14.5 Å². The third kappa shape index (κ3) is 5.65.